The molecule has 0 spiro atoms. The van der Waals surface area contributed by atoms with Crippen molar-refractivity contribution in [3.63, 3.8) is 0 Å². The molecule has 2 aromatic carbocycles. The Hall–Kier alpha value is -6.13. The van der Waals surface area contributed by atoms with Gasteiger partial charge in [0.15, 0.2) is 0 Å². The van der Waals surface area contributed by atoms with E-state index >= 15 is 4.39 Å². The number of aromatic nitrogens is 1. The largest absolute Gasteiger partial charge is 0.573 e. The molecule has 2 atom stereocenters. The van der Waals surface area contributed by atoms with Crippen molar-refractivity contribution in [2.75, 3.05) is 56.6 Å². The molecule has 17 heteroatoms. The smallest absolute Gasteiger partial charge is 0.453 e. The first-order valence-electron chi connectivity index (χ1n) is 20.4. The van der Waals surface area contributed by atoms with E-state index in [0.29, 0.717) is 56.9 Å². The molecular weight excluding hydrogens is 811 g/mol. The van der Waals surface area contributed by atoms with Crippen LogP contribution in [0.5, 0.6) is 5.75 Å². The Bertz CT molecular complexity index is 2180. The normalized spacial score (nSPS) is 17.6. The van der Waals surface area contributed by atoms with Gasteiger partial charge >= 0.3 is 12.5 Å². The number of alkyl halides is 3. The molecular formula is C45H55F4N7O6. The fourth-order valence-corrected chi connectivity index (χ4v) is 7.39. The summed E-state index contributed by atoms with van der Waals surface area (Å²) in [6.45, 7) is 15.9. The van der Waals surface area contributed by atoms with Gasteiger partial charge in [0.1, 0.15) is 23.9 Å². The van der Waals surface area contributed by atoms with Gasteiger partial charge in [-0.3, -0.25) is 14.4 Å². The van der Waals surface area contributed by atoms with Crippen molar-refractivity contribution in [1.29, 1.82) is 0 Å². The van der Waals surface area contributed by atoms with Gasteiger partial charge in [-0.05, 0) is 67.5 Å². The SMILES string of the molecule is CC/C(C)=C(/N/C=C(\C)c1ccc(-c2cc(F)c(NC(=O)c3ccc(N4CCN(C(=O)C(C)(C)C)CC4)nc3)cc2OC(F)(F)F)cc1)C1CC(C)CN1C(=O)CNC(=O)OC. The summed E-state index contributed by atoms with van der Waals surface area (Å²) in [6, 6.07) is 11.0. The van der Waals surface area contributed by atoms with Crippen molar-refractivity contribution in [3.8, 4) is 16.9 Å². The van der Waals surface area contributed by atoms with Gasteiger partial charge in [-0.15, -0.1) is 13.2 Å². The average molecular weight is 866 g/mol. The highest BCUT2D eigenvalue weighted by atomic mass is 19.4. The quantitative estimate of drug-likeness (QED) is 0.155. The molecule has 334 valence electrons. The van der Waals surface area contributed by atoms with Crippen LogP contribution in [0, 0.1) is 17.2 Å². The van der Waals surface area contributed by atoms with Crippen LogP contribution in [-0.2, 0) is 14.3 Å². The fourth-order valence-electron chi connectivity index (χ4n) is 7.39. The molecule has 2 unspecified atom stereocenters. The third-order valence-electron chi connectivity index (χ3n) is 10.9. The van der Waals surface area contributed by atoms with Crippen molar-refractivity contribution < 1.29 is 46.2 Å². The van der Waals surface area contributed by atoms with Crippen LogP contribution in [0.25, 0.3) is 16.7 Å². The number of rotatable bonds is 12. The Kier molecular flexibility index (Phi) is 14.9. The number of carbonyl (C=O) groups is 4. The Labute approximate surface area is 359 Å². The number of hydrogen-bond donors (Lipinski definition) is 3. The van der Waals surface area contributed by atoms with Crippen molar-refractivity contribution in [3.05, 3.63) is 89.1 Å². The topological polar surface area (TPSA) is 145 Å². The summed E-state index contributed by atoms with van der Waals surface area (Å²) in [5.74, 6) is -1.89. The molecule has 1 aromatic heterocycles. The molecule has 0 radical (unpaired) electrons. The molecule has 2 fully saturated rings. The average Bonchev–Trinajstić information content (AvgIpc) is 3.63. The summed E-state index contributed by atoms with van der Waals surface area (Å²) < 4.78 is 65.7. The highest BCUT2D eigenvalue weighted by Gasteiger charge is 2.37. The van der Waals surface area contributed by atoms with E-state index in [1.165, 1.54) is 19.4 Å². The number of ether oxygens (including phenoxy) is 2. The minimum absolute atomic E-state index is 0.0505. The highest BCUT2D eigenvalue weighted by Crippen LogP contribution is 2.38. The number of methoxy groups -OCH3 is 1. The predicted octanol–water partition coefficient (Wildman–Crippen LogP) is 7.96. The van der Waals surface area contributed by atoms with E-state index in [4.69, 9.17) is 0 Å². The van der Waals surface area contributed by atoms with Gasteiger partial charge in [0, 0.05) is 67.9 Å². The van der Waals surface area contributed by atoms with Crippen LogP contribution >= 0.6 is 0 Å². The van der Waals surface area contributed by atoms with Gasteiger partial charge in [0.2, 0.25) is 11.8 Å². The number of anilines is 2. The minimum atomic E-state index is -5.12. The van der Waals surface area contributed by atoms with E-state index in [9.17, 15) is 32.3 Å². The maximum atomic E-state index is 15.6. The lowest BCUT2D eigenvalue weighted by molar-refractivity contribution is -0.274. The first kappa shape index (κ1) is 46.9. The van der Waals surface area contributed by atoms with Gasteiger partial charge in [0.05, 0.1) is 24.4 Å². The summed E-state index contributed by atoms with van der Waals surface area (Å²) >= 11 is 0. The number of halogens is 4. The molecule has 3 aromatic rings. The molecule has 2 saturated heterocycles. The van der Waals surface area contributed by atoms with Gasteiger partial charge in [-0.1, -0.05) is 64.5 Å². The molecule has 3 heterocycles. The molecule has 5 rings (SSSR count). The van der Waals surface area contributed by atoms with Crippen LogP contribution in [0.3, 0.4) is 0 Å². The maximum absolute atomic E-state index is 15.6. The number of nitrogens with zero attached hydrogens (tertiary/aromatic N) is 4. The van der Waals surface area contributed by atoms with Crippen molar-refractivity contribution in [2.24, 2.45) is 11.3 Å². The van der Waals surface area contributed by atoms with E-state index in [1.54, 1.807) is 46.3 Å². The van der Waals surface area contributed by atoms with Gasteiger partial charge in [-0.2, -0.15) is 0 Å². The molecule has 2 aliphatic heterocycles. The summed E-state index contributed by atoms with van der Waals surface area (Å²) in [5, 5.41) is 8.20. The molecule has 0 aliphatic carbocycles. The molecule has 3 N–H and O–H groups in total. The lowest BCUT2D eigenvalue weighted by atomic mass is 9.94. The maximum Gasteiger partial charge on any atom is 0.573 e. The molecule has 0 saturated carbocycles. The number of benzene rings is 2. The standard InChI is InChI=1S/C45H55F4N7O6/c1-9-28(3)40(36-20-27(2)26-56(36)39(57)25-52-43(60)61-8)51-23-29(4)30-10-12-31(13-11-30)33-21-34(46)35(22-37(33)62-45(47,48)49)53-41(58)32-14-15-38(50-24-32)54-16-18-55(19-17-54)42(59)44(5,6)7/h10-15,21-24,27,36,51H,9,16-20,25-26H2,1-8H3,(H,52,60)(H,53,58)/b29-23+,40-28+. The first-order valence-corrected chi connectivity index (χ1v) is 20.4. The number of likely N-dealkylation sites (tertiary alicyclic amines) is 1. The molecule has 62 heavy (non-hydrogen) atoms. The van der Waals surface area contributed by atoms with Crippen LogP contribution in [-0.4, -0.2) is 97.4 Å². The van der Waals surface area contributed by atoms with Crippen LogP contribution in [0.2, 0.25) is 0 Å². The molecule has 13 nitrogen and oxygen atoms in total. The van der Waals surface area contributed by atoms with Crippen LogP contribution in [0.1, 0.15) is 77.2 Å². The van der Waals surface area contributed by atoms with Crippen LogP contribution < -0.4 is 25.6 Å². The lowest BCUT2D eigenvalue weighted by Crippen LogP contribution is -2.51. The number of piperazine rings is 1. The third kappa shape index (κ3) is 11.8. The third-order valence-corrected chi connectivity index (χ3v) is 10.9. The van der Waals surface area contributed by atoms with E-state index in [2.05, 4.69) is 37.3 Å². The predicted molar refractivity (Wildman–Crippen MR) is 228 cm³/mol. The highest BCUT2D eigenvalue weighted by molar-refractivity contribution is 6.04. The number of alkyl carbamates (subject to hydrolysis) is 1. The Morgan fingerprint density at radius 1 is 0.952 bits per heavy atom. The number of nitrogens with one attached hydrogen (secondary N) is 3. The number of amides is 4. The minimum Gasteiger partial charge on any atom is -0.453 e. The number of pyridine rings is 1. The Morgan fingerprint density at radius 2 is 1.61 bits per heavy atom. The Balaban J connectivity index is 1.30. The summed E-state index contributed by atoms with van der Waals surface area (Å²) in [5.41, 5.74) is 2.44. The van der Waals surface area contributed by atoms with Crippen LogP contribution in [0.4, 0.5) is 33.9 Å². The van der Waals surface area contributed by atoms with Crippen LogP contribution in [0.15, 0.2) is 72.2 Å². The zero-order chi connectivity index (χ0) is 45.5. The van der Waals surface area contributed by atoms with E-state index < -0.39 is 41.0 Å². The van der Waals surface area contributed by atoms with E-state index in [1.807, 2.05) is 46.4 Å². The second-order valence-corrected chi connectivity index (χ2v) is 16.6. The fraction of sp³-hybridized carbons (Fsp3) is 0.444. The monoisotopic (exact) mass is 865 g/mol. The summed E-state index contributed by atoms with van der Waals surface area (Å²) in [6.07, 6.45) is -1.32. The zero-order valence-electron chi connectivity index (χ0n) is 36.3. The van der Waals surface area contributed by atoms with E-state index in [-0.39, 0.29) is 47.0 Å². The first-order chi connectivity index (χ1) is 29.2. The van der Waals surface area contributed by atoms with Crippen molar-refractivity contribution in [2.45, 2.75) is 73.7 Å². The van der Waals surface area contributed by atoms with Crippen molar-refractivity contribution in [1.82, 2.24) is 25.4 Å². The number of carbonyl (C=O) groups excluding carboxylic acids is 4. The van der Waals surface area contributed by atoms with Gasteiger partial charge in [0.25, 0.3) is 5.91 Å². The van der Waals surface area contributed by atoms with E-state index in [0.717, 1.165) is 29.0 Å². The zero-order valence-corrected chi connectivity index (χ0v) is 36.3. The second kappa shape index (κ2) is 19.7. The molecule has 4 amide bonds. The van der Waals surface area contributed by atoms with Gasteiger partial charge in [-0.25, -0.2) is 14.2 Å². The molecule has 2 aliphatic rings. The molecule has 0 bridgehead atoms. The summed E-state index contributed by atoms with van der Waals surface area (Å²) in [4.78, 5) is 60.5. The Morgan fingerprint density at radius 3 is 2.19 bits per heavy atom. The second-order valence-electron chi connectivity index (χ2n) is 16.6. The lowest BCUT2D eigenvalue weighted by Gasteiger charge is -2.38. The summed E-state index contributed by atoms with van der Waals surface area (Å²) in [7, 11) is 1.22. The van der Waals surface area contributed by atoms with Gasteiger partial charge < -0.3 is 40.1 Å². The number of allylic oxidation sites excluding steroid dienone is 2. The number of hydrogen-bond acceptors (Lipinski definition) is 9. The van der Waals surface area contributed by atoms with Crippen molar-refractivity contribution >= 4 is 40.9 Å².